The third-order valence-corrected chi connectivity index (χ3v) is 6.76. The average molecular weight is 511 g/mol. The third kappa shape index (κ3) is 4.50. The molecule has 1 saturated heterocycles. The van der Waals surface area contributed by atoms with Crippen LogP contribution in [0.4, 0.5) is 0 Å². The van der Waals surface area contributed by atoms with Crippen molar-refractivity contribution in [2.45, 2.75) is 37.8 Å². The Morgan fingerprint density at radius 1 is 0.895 bits per heavy atom. The molecule has 3 unspecified atom stereocenters. The van der Waals surface area contributed by atoms with E-state index in [9.17, 15) is 24.3 Å². The Bertz CT molecular complexity index is 1370. The zero-order valence-electron chi connectivity index (χ0n) is 20.6. The standard InChI is InChI=1S/C30H26N2O6/c1-19(33)25(30(37)38-18-21-12-6-3-7-13-21)31-24(17-16-20-10-4-2-5-11-20)26(29(31)36)32-27(34)22-14-8-9-15-23(22)28(32)35/h2-17,19,24-26,33H,18H2,1H3/t19-,24?,25?,26?/m1/s1. The Labute approximate surface area is 219 Å². The molecule has 0 radical (unpaired) electrons. The predicted octanol–water partition coefficient (Wildman–Crippen LogP) is 3.07. The molecule has 2 aliphatic heterocycles. The van der Waals surface area contributed by atoms with Gasteiger partial charge in [-0.15, -0.1) is 0 Å². The van der Waals surface area contributed by atoms with Gasteiger partial charge in [0.1, 0.15) is 12.6 Å². The molecule has 3 aromatic carbocycles. The van der Waals surface area contributed by atoms with E-state index in [4.69, 9.17) is 4.74 Å². The maximum atomic E-state index is 13.6. The lowest BCUT2D eigenvalue weighted by Crippen LogP contribution is -2.75. The fourth-order valence-corrected chi connectivity index (χ4v) is 4.89. The number of carbonyl (C=O) groups is 4. The highest BCUT2D eigenvalue weighted by Crippen LogP contribution is 2.36. The molecule has 4 atom stereocenters. The van der Waals surface area contributed by atoms with E-state index in [0.29, 0.717) is 0 Å². The highest BCUT2D eigenvalue weighted by Gasteiger charge is 2.59. The van der Waals surface area contributed by atoms with E-state index in [2.05, 4.69) is 0 Å². The van der Waals surface area contributed by atoms with Crippen LogP contribution in [0, 0.1) is 0 Å². The van der Waals surface area contributed by atoms with Gasteiger partial charge in [-0.05, 0) is 30.2 Å². The van der Waals surface area contributed by atoms with Gasteiger partial charge in [0.25, 0.3) is 11.8 Å². The molecule has 0 aliphatic carbocycles. The lowest BCUT2D eigenvalue weighted by molar-refractivity contribution is -0.175. The van der Waals surface area contributed by atoms with Crippen molar-refractivity contribution in [1.29, 1.82) is 0 Å². The van der Waals surface area contributed by atoms with Crippen molar-refractivity contribution in [3.8, 4) is 0 Å². The first-order chi connectivity index (χ1) is 18.4. The molecule has 1 N–H and O–H groups in total. The molecule has 0 saturated carbocycles. The number of rotatable bonds is 8. The van der Waals surface area contributed by atoms with Crippen molar-refractivity contribution in [2.75, 3.05) is 0 Å². The van der Waals surface area contributed by atoms with Gasteiger partial charge in [0.2, 0.25) is 5.91 Å². The molecule has 192 valence electrons. The normalized spacial score (nSPS) is 20.3. The number of ether oxygens (including phenoxy) is 1. The number of esters is 1. The second-order valence-corrected chi connectivity index (χ2v) is 9.26. The topological polar surface area (TPSA) is 104 Å². The van der Waals surface area contributed by atoms with E-state index in [1.807, 2.05) is 48.5 Å². The maximum Gasteiger partial charge on any atom is 0.331 e. The molecular weight excluding hydrogens is 484 g/mol. The average Bonchev–Trinajstić information content (AvgIpc) is 3.18. The second-order valence-electron chi connectivity index (χ2n) is 9.26. The number of benzene rings is 3. The first-order valence-corrected chi connectivity index (χ1v) is 12.3. The monoisotopic (exact) mass is 510 g/mol. The summed E-state index contributed by atoms with van der Waals surface area (Å²) in [5.41, 5.74) is 2.03. The van der Waals surface area contributed by atoms with Crippen LogP contribution in [0.2, 0.25) is 0 Å². The molecule has 8 heteroatoms. The van der Waals surface area contributed by atoms with Gasteiger partial charge in [-0.1, -0.05) is 84.9 Å². The molecular formula is C30H26N2O6. The number of hydrogen-bond acceptors (Lipinski definition) is 6. The Hall–Kier alpha value is -4.56. The van der Waals surface area contributed by atoms with E-state index < -0.39 is 47.9 Å². The summed E-state index contributed by atoms with van der Waals surface area (Å²) >= 11 is 0. The predicted molar refractivity (Wildman–Crippen MR) is 139 cm³/mol. The smallest absolute Gasteiger partial charge is 0.331 e. The van der Waals surface area contributed by atoms with E-state index in [-0.39, 0.29) is 17.7 Å². The molecule has 8 nitrogen and oxygen atoms in total. The number of fused-ring (bicyclic) bond motifs is 1. The van der Waals surface area contributed by atoms with Crippen LogP contribution < -0.4 is 0 Å². The summed E-state index contributed by atoms with van der Waals surface area (Å²) in [6.45, 7) is 1.37. The van der Waals surface area contributed by atoms with Gasteiger partial charge in [0, 0.05) is 0 Å². The van der Waals surface area contributed by atoms with Crippen molar-refractivity contribution in [2.24, 2.45) is 0 Å². The lowest BCUT2D eigenvalue weighted by atomic mass is 9.88. The Morgan fingerprint density at radius 2 is 1.45 bits per heavy atom. The van der Waals surface area contributed by atoms with Gasteiger partial charge < -0.3 is 14.7 Å². The number of nitrogens with zero attached hydrogens (tertiary/aromatic N) is 2. The van der Waals surface area contributed by atoms with Gasteiger partial charge in [-0.2, -0.15) is 0 Å². The fourth-order valence-electron chi connectivity index (χ4n) is 4.89. The van der Waals surface area contributed by atoms with Crippen LogP contribution in [-0.2, 0) is 20.9 Å². The minimum atomic E-state index is -1.33. The van der Waals surface area contributed by atoms with Crippen LogP contribution in [-0.4, -0.2) is 62.8 Å². The molecule has 5 rings (SSSR count). The molecule has 0 bridgehead atoms. The van der Waals surface area contributed by atoms with Crippen molar-refractivity contribution in [3.05, 3.63) is 113 Å². The second kappa shape index (κ2) is 10.4. The van der Waals surface area contributed by atoms with E-state index in [1.165, 1.54) is 11.8 Å². The van der Waals surface area contributed by atoms with Crippen LogP contribution in [0.15, 0.2) is 91.0 Å². The highest BCUT2D eigenvalue weighted by atomic mass is 16.5. The number of imide groups is 1. The largest absolute Gasteiger partial charge is 0.459 e. The van der Waals surface area contributed by atoms with E-state index in [0.717, 1.165) is 16.0 Å². The molecule has 0 spiro atoms. The van der Waals surface area contributed by atoms with Crippen LogP contribution in [0.1, 0.15) is 38.8 Å². The number of likely N-dealkylation sites (tertiary alicyclic amines) is 1. The van der Waals surface area contributed by atoms with Crippen LogP contribution in [0.3, 0.4) is 0 Å². The summed E-state index contributed by atoms with van der Waals surface area (Å²) in [7, 11) is 0. The highest BCUT2D eigenvalue weighted by molar-refractivity contribution is 6.23. The Balaban J connectivity index is 1.45. The molecule has 1 fully saturated rings. The summed E-state index contributed by atoms with van der Waals surface area (Å²) in [5, 5.41) is 10.6. The van der Waals surface area contributed by atoms with E-state index in [1.54, 1.807) is 48.6 Å². The van der Waals surface area contributed by atoms with Gasteiger partial charge in [0.15, 0.2) is 6.04 Å². The summed E-state index contributed by atoms with van der Waals surface area (Å²) in [4.78, 5) is 55.2. The molecule has 2 aliphatic rings. The summed E-state index contributed by atoms with van der Waals surface area (Å²) in [6.07, 6.45) is 2.16. The lowest BCUT2D eigenvalue weighted by Gasteiger charge is -2.51. The van der Waals surface area contributed by atoms with Gasteiger partial charge >= 0.3 is 5.97 Å². The summed E-state index contributed by atoms with van der Waals surface area (Å²) in [5.74, 6) is -2.54. The quantitative estimate of drug-likeness (QED) is 0.284. The Morgan fingerprint density at radius 3 is 2.03 bits per heavy atom. The number of hydrogen-bond donors (Lipinski definition) is 1. The summed E-state index contributed by atoms with van der Waals surface area (Å²) < 4.78 is 5.46. The number of β-lactam (4-membered cyclic amide) rings is 1. The number of carbonyl (C=O) groups excluding carboxylic acids is 4. The third-order valence-electron chi connectivity index (χ3n) is 6.76. The number of aliphatic hydroxyl groups excluding tert-OH is 1. The first-order valence-electron chi connectivity index (χ1n) is 12.3. The van der Waals surface area contributed by atoms with Crippen molar-refractivity contribution < 1.29 is 29.0 Å². The molecule has 3 amide bonds. The zero-order valence-corrected chi connectivity index (χ0v) is 20.6. The van der Waals surface area contributed by atoms with Gasteiger partial charge in [-0.25, -0.2) is 4.79 Å². The SMILES string of the molecule is C[C@@H](O)C(C(=O)OCc1ccccc1)N1C(=O)C(N2C(=O)c3ccccc3C2=O)C1C=Cc1ccccc1. The first kappa shape index (κ1) is 25.1. The molecule has 0 aromatic heterocycles. The van der Waals surface area contributed by atoms with E-state index >= 15 is 0 Å². The van der Waals surface area contributed by atoms with Gasteiger partial charge in [-0.3, -0.25) is 19.3 Å². The van der Waals surface area contributed by atoms with Gasteiger partial charge in [0.05, 0.1) is 23.3 Å². The molecule has 3 aromatic rings. The van der Waals surface area contributed by atoms with Crippen molar-refractivity contribution in [3.63, 3.8) is 0 Å². The van der Waals surface area contributed by atoms with Crippen LogP contribution in [0.25, 0.3) is 6.08 Å². The number of amides is 3. The number of aliphatic hydroxyl groups is 1. The molecule has 2 heterocycles. The minimum Gasteiger partial charge on any atom is -0.459 e. The summed E-state index contributed by atoms with van der Waals surface area (Å²) in [6, 6.07) is 21.4. The van der Waals surface area contributed by atoms with Crippen LogP contribution in [0.5, 0.6) is 0 Å². The zero-order chi connectivity index (χ0) is 26.8. The van der Waals surface area contributed by atoms with Crippen molar-refractivity contribution in [1.82, 2.24) is 9.80 Å². The fraction of sp³-hybridized carbons (Fsp3) is 0.200. The molecule has 38 heavy (non-hydrogen) atoms. The maximum absolute atomic E-state index is 13.6. The van der Waals surface area contributed by atoms with Crippen molar-refractivity contribution >= 4 is 29.8 Å². The Kier molecular flexibility index (Phi) is 6.89. The minimum absolute atomic E-state index is 0.0305. The van der Waals surface area contributed by atoms with Crippen LogP contribution >= 0.6 is 0 Å².